The quantitative estimate of drug-likeness (QED) is 0.526. The number of nitrogens with one attached hydrogen (secondary N) is 1. The van der Waals surface area contributed by atoms with Gasteiger partial charge in [0.05, 0.1) is 23.9 Å². The predicted octanol–water partition coefficient (Wildman–Crippen LogP) is 2.86. The first-order valence-corrected chi connectivity index (χ1v) is 7.83. The zero-order valence-corrected chi connectivity index (χ0v) is 14.6. The van der Waals surface area contributed by atoms with Crippen molar-refractivity contribution in [2.75, 3.05) is 12.4 Å². The van der Waals surface area contributed by atoms with E-state index in [0.717, 1.165) is 7.11 Å². The highest BCUT2D eigenvalue weighted by Gasteiger charge is 2.36. The minimum absolute atomic E-state index is 0.218. The number of methoxy groups -OCH3 is 1. The molecule has 0 saturated carbocycles. The van der Waals surface area contributed by atoms with E-state index in [0.29, 0.717) is 11.9 Å². The summed E-state index contributed by atoms with van der Waals surface area (Å²) in [6.07, 6.45) is -0.478. The van der Waals surface area contributed by atoms with Crippen molar-refractivity contribution in [1.29, 1.82) is 0 Å². The molecule has 1 N–H and O–H groups in total. The van der Waals surface area contributed by atoms with Crippen molar-refractivity contribution >= 4 is 17.6 Å². The van der Waals surface area contributed by atoms with Crippen LogP contribution in [0.15, 0.2) is 43.0 Å². The number of hydrogen-bond donors (Lipinski definition) is 1. The molecule has 0 spiro atoms. The Balaban J connectivity index is 1.91. The van der Waals surface area contributed by atoms with Gasteiger partial charge in [-0.2, -0.15) is 13.2 Å². The lowest BCUT2D eigenvalue weighted by Crippen LogP contribution is -2.19. The van der Waals surface area contributed by atoms with Gasteiger partial charge in [-0.05, 0) is 24.3 Å². The van der Waals surface area contributed by atoms with Crippen molar-refractivity contribution in [3.8, 4) is 5.82 Å². The Morgan fingerprint density at radius 2 is 1.93 bits per heavy atom. The van der Waals surface area contributed by atoms with Gasteiger partial charge in [-0.3, -0.25) is 9.36 Å². The number of benzene rings is 1. The van der Waals surface area contributed by atoms with E-state index in [1.54, 1.807) is 6.20 Å². The molecule has 1 aromatic carbocycles. The lowest BCUT2D eigenvalue weighted by molar-refractivity contribution is -0.140. The van der Waals surface area contributed by atoms with E-state index in [9.17, 15) is 27.2 Å². The highest BCUT2D eigenvalue weighted by atomic mass is 19.4. The summed E-state index contributed by atoms with van der Waals surface area (Å²) in [5, 5.41) is 9.67. The van der Waals surface area contributed by atoms with E-state index in [1.165, 1.54) is 29.2 Å². The topological polar surface area (TPSA) is 99.0 Å². The number of rotatable bonds is 4. The molecule has 0 aliphatic rings. The number of halogens is 4. The van der Waals surface area contributed by atoms with Crippen LogP contribution in [0, 0.1) is 5.82 Å². The number of alkyl halides is 3. The van der Waals surface area contributed by atoms with Crippen LogP contribution in [0.1, 0.15) is 26.4 Å². The summed E-state index contributed by atoms with van der Waals surface area (Å²) < 4.78 is 58.5. The van der Waals surface area contributed by atoms with Gasteiger partial charge in [-0.25, -0.2) is 14.2 Å². The molecule has 150 valence electrons. The van der Waals surface area contributed by atoms with Gasteiger partial charge in [0.1, 0.15) is 12.1 Å². The Hall–Kier alpha value is -3.83. The third kappa shape index (κ3) is 4.20. The first kappa shape index (κ1) is 19.9. The van der Waals surface area contributed by atoms with Gasteiger partial charge in [0.2, 0.25) is 0 Å². The second-order valence-electron chi connectivity index (χ2n) is 5.57. The molecule has 0 aliphatic carbocycles. The van der Waals surface area contributed by atoms with Gasteiger partial charge in [0.25, 0.3) is 5.91 Å². The summed E-state index contributed by atoms with van der Waals surface area (Å²) in [7, 11) is 0.935. The van der Waals surface area contributed by atoms with Crippen LogP contribution in [0.3, 0.4) is 0 Å². The highest BCUT2D eigenvalue weighted by Crippen LogP contribution is 2.34. The van der Waals surface area contributed by atoms with Crippen LogP contribution in [-0.4, -0.2) is 38.7 Å². The molecule has 3 rings (SSSR count). The molecule has 29 heavy (non-hydrogen) atoms. The third-order valence-electron chi connectivity index (χ3n) is 3.72. The number of imidazole rings is 1. The molecule has 0 fully saturated rings. The Morgan fingerprint density at radius 1 is 1.17 bits per heavy atom. The number of carbonyl (C=O) groups excluding carboxylic acids is 2. The van der Waals surface area contributed by atoms with Crippen molar-refractivity contribution in [1.82, 2.24) is 19.7 Å². The van der Waals surface area contributed by atoms with Crippen LogP contribution in [0.4, 0.5) is 23.2 Å². The molecular weight excluding hydrogens is 398 g/mol. The summed E-state index contributed by atoms with van der Waals surface area (Å²) in [4.78, 5) is 28.0. The van der Waals surface area contributed by atoms with E-state index in [-0.39, 0.29) is 11.8 Å². The predicted molar refractivity (Wildman–Crippen MR) is 89.8 cm³/mol. The molecule has 0 atom stereocenters. The Kier molecular flexibility index (Phi) is 5.26. The molecular formula is C17H11F4N5O3. The number of ether oxygens (including phenoxy) is 1. The minimum atomic E-state index is -5.04. The van der Waals surface area contributed by atoms with Gasteiger partial charge < -0.3 is 10.1 Å². The molecule has 2 heterocycles. The molecule has 0 aliphatic heterocycles. The molecule has 8 nitrogen and oxygen atoms in total. The van der Waals surface area contributed by atoms with Gasteiger partial charge in [-0.15, -0.1) is 10.2 Å². The summed E-state index contributed by atoms with van der Waals surface area (Å²) in [5.74, 6) is -3.41. The maximum atomic E-state index is 13.9. The number of hydrogen-bond acceptors (Lipinski definition) is 6. The molecule has 3 aromatic rings. The summed E-state index contributed by atoms with van der Waals surface area (Å²) >= 11 is 0. The Labute approximate surface area is 160 Å². The summed E-state index contributed by atoms with van der Waals surface area (Å²) in [6, 6.07) is 3.39. The van der Waals surface area contributed by atoms with Gasteiger partial charge >= 0.3 is 12.1 Å². The molecule has 0 bridgehead atoms. The monoisotopic (exact) mass is 409 g/mol. The van der Waals surface area contributed by atoms with Crippen molar-refractivity contribution < 1.29 is 31.9 Å². The number of anilines is 1. The maximum absolute atomic E-state index is 13.9. The maximum Gasteiger partial charge on any atom is 0.419 e. The molecule has 0 saturated heterocycles. The average Bonchev–Trinajstić information content (AvgIpc) is 3.21. The van der Waals surface area contributed by atoms with Gasteiger partial charge in [-0.1, -0.05) is 0 Å². The number of aromatic nitrogens is 4. The van der Waals surface area contributed by atoms with Gasteiger partial charge in [0.15, 0.2) is 11.5 Å². The normalized spacial score (nSPS) is 11.2. The number of carbonyl (C=O) groups is 2. The Morgan fingerprint density at radius 3 is 2.48 bits per heavy atom. The first-order chi connectivity index (χ1) is 13.7. The summed E-state index contributed by atoms with van der Waals surface area (Å²) in [5.41, 5.74) is -3.06. The molecule has 0 unspecified atom stereocenters. The third-order valence-corrected chi connectivity index (χ3v) is 3.72. The smallest absolute Gasteiger partial charge is 0.419 e. The summed E-state index contributed by atoms with van der Waals surface area (Å²) in [6.45, 7) is 0. The first-order valence-electron chi connectivity index (χ1n) is 7.83. The van der Waals surface area contributed by atoms with Crippen molar-refractivity contribution in [2.45, 2.75) is 6.18 Å². The fourth-order valence-corrected chi connectivity index (χ4v) is 2.34. The number of nitrogens with zero attached hydrogens (tertiary/aromatic N) is 4. The molecule has 0 radical (unpaired) electrons. The van der Waals surface area contributed by atoms with Crippen molar-refractivity contribution in [2.24, 2.45) is 0 Å². The van der Waals surface area contributed by atoms with E-state index in [2.05, 4.69) is 25.2 Å². The largest absolute Gasteiger partial charge is 0.465 e. The lowest BCUT2D eigenvalue weighted by Gasteiger charge is -2.14. The zero-order chi connectivity index (χ0) is 21.2. The van der Waals surface area contributed by atoms with E-state index < -0.39 is 40.7 Å². The van der Waals surface area contributed by atoms with Crippen LogP contribution >= 0.6 is 0 Å². The standard InChI is InChI=1S/C17H11F4N5O3/c1-29-16(28)9-6-10(17(19,20)21)11(18)7-13(9)23-15(27)12-2-3-14(25-24-12)26-5-4-22-8-26/h2-8H,1H3,(H,23,27). The molecule has 1 amide bonds. The number of amides is 1. The van der Waals surface area contributed by atoms with Crippen LogP contribution in [0.2, 0.25) is 0 Å². The number of esters is 1. The zero-order valence-electron chi connectivity index (χ0n) is 14.6. The van der Waals surface area contributed by atoms with E-state index in [1.807, 2.05) is 0 Å². The second-order valence-corrected chi connectivity index (χ2v) is 5.57. The minimum Gasteiger partial charge on any atom is -0.465 e. The fraction of sp³-hybridized carbons (Fsp3) is 0.118. The van der Waals surface area contributed by atoms with Crippen molar-refractivity contribution in [3.05, 3.63) is 65.6 Å². The Bertz CT molecular complexity index is 1050. The highest BCUT2D eigenvalue weighted by molar-refractivity contribution is 6.07. The van der Waals surface area contributed by atoms with Gasteiger partial charge in [0, 0.05) is 12.4 Å². The average molecular weight is 409 g/mol. The second kappa shape index (κ2) is 7.66. The molecule has 2 aromatic heterocycles. The van der Waals surface area contributed by atoms with E-state index in [4.69, 9.17) is 0 Å². The SMILES string of the molecule is COC(=O)c1cc(C(F)(F)F)c(F)cc1NC(=O)c1ccc(-n2ccnc2)nn1. The van der Waals surface area contributed by atoms with Crippen molar-refractivity contribution in [3.63, 3.8) is 0 Å². The van der Waals surface area contributed by atoms with Crippen LogP contribution in [0.5, 0.6) is 0 Å². The van der Waals surface area contributed by atoms with Crippen LogP contribution in [0.25, 0.3) is 5.82 Å². The molecule has 12 heteroatoms. The van der Waals surface area contributed by atoms with E-state index >= 15 is 0 Å². The van der Waals surface area contributed by atoms with Crippen LogP contribution in [-0.2, 0) is 10.9 Å². The fourth-order valence-electron chi connectivity index (χ4n) is 2.34. The van der Waals surface area contributed by atoms with Crippen LogP contribution < -0.4 is 5.32 Å². The lowest BCUT2D eigenvalue weighted by atomic mass is 10.1.